The van der Waals surface area contributed by atoms with Crippen LogP contribution in [0.5, 0.6) is 0 Å². The molecule has 0 aliphatic carbocycles. The second-order valence-corrected chi connectivity index (χ2v) is 10.4. The lowest BCUT2D eigenvalue weighted by molar-refractivity contribution is -0.139. The van der Waals surface area contributed by atoms with Gasteiger partial charge in [-0.1, -0.05) is 41.9 Å². The topological polar surface area (TPSA) is 73.8 Å². The van der Waals surface area contributed by atoms with Gasteiger partial charge in [0.2, 0.25) is 15.9 Å². The molecular formula is C23H23ClN4O3S. The fraction of sp³-hybridized carbons (Fsp3) is 0.304. The van der Waals surface area contributed by atoms with Crippen molar-refractivity contribution in [2.24, 2.45) is 5.92 Å². The van der Waals surface area contributed by atoms with Crippen molar-refractivity contribution < 1.29 is 13.2 Å². The van der Waals surface area contributed by atoms with Crippen molar-refractivity contribution in [3.05, 3.63) is 65.9 Å². The number of sulfonamides is 1. The van der Waals surface area contributed by atoms with Crippen LogP contribution in [-0.4, -0.2) is 67.8 Å². The molecular weight excluding hydrogens is 448 g/mol. The number of hydrogen-bond acceptors (Lipinski definition) is 5. The zero-order chi connectivity index (χ0) is 22.3. The molecule has 2 aliphatic rings. The standard InChI is InChI=1S/C23H23ClN4O3S/c24-22-20-7-4-8-21(19(20)9-10-25-22)32(30,31)28-15-17(16-28)23(29)27-13-11-26(12-14-27)18-5-2-1-3-6-18/h1-10,17H,11-16H2. The van der Waals surface area contributed by atoms with Crippen molar-refractivity contribution in [2.75, 3.05) is 44.2 Å². The number of hydrogen-bond donors (Lipinski definition) is 0. The van der Waals surface area contributed by atoms with Crippen LogP contribution in [0.25, 0.3) is 10.8 Å². The maximum atomic E-state index is 13.2. The van der Waals surface area contributed by atoms with E-state index in [2.05, 4.69) is 22.0 Å². The lowest BCUT2D eigenvalue weighted by atomic mass is 10.0. The second kappa shape index (κ2) is 8.35. The summed E-state index contributed by atoms with van der Waals surface area (Å²) in [5.74, 6) is -0.261. The Morgan fingerprint density at radius 2 is 1.62 bits per heavy atom. The molecule has 0 atom stereocenters. The third-order valence-corrected chi connectivity index (χ3v) is 8.44. The van der Waals surface area contributed by atoms with Crippen LogP contribution < -0.4 is 4.90 Å². The fourth-order valence-corrected chi connectivity index (χ4v) is 6.34. The molecule has 2 fully saturated rings. The first-order valence-electron chi connectivity index (χ1n) is 10.6. The van der Waals surface area contributed by atoms with Crippen LogP contribution >= 0.6 is 11.6 Å². The van der Waals surface area contributed by atoms with E-state index in [1.807, 2.05) is 23.1 Å². The van der Waals surface area contributed by atoms with Gasteiger partial charge in [0, 0.05) is 61.9 Å². The highest BCUT2D eigenvalue weighted by Gasteiger charge is 2.42. The highest BCUT2D eigenvalue weighted by Crippen LogP contribution is 2.32. The summed E-state index contributed by atoms with van der Waals surface area (Å²) in [6, 6.07) is 16.8. The third kappa shape index (κ3) is 3.72. The van der Waals surface area contributed by atoms with Crippen LogP contribution in [0.3, 0.4) is 0 Å². The predicted molar refractivity (Wildman–Crippen MR) is 124 cm³/mol. The van der Waals surface area contributed by atoms with E-state index in [1.54, 1.807) is 24.3 Å². The third-order valence-electron chi connectivity index (χ3n) is 6.25. The number of pyridine rings is 1. The van der Waals surface area contributed by atoms with Crippen molar-refractivity contribution in [1.29, 1.82) is 0 Å². The molecule has 9 heteroatoms. The number of benzene rings is 2. The normalized spacial score (nSPS) is 18.0. The average molecular weight is 471 g/mol. The summed E-state index contributed by atoms with van der Waals surface area (Å²) in [5, 5.41) is 1.41. The Bertz CT molecular complexity index is 1250. The summed E-state index contributed by atoms with van der Waals surface area (Å²) in [6.45, 7) is 3.24. The molecule has 3 aromatic rings. The number of halogens is 1. The molecule has 32 heavy (non-hydrogen) atoms. The maximum absolute atomic E-state index is 13.2. The molecule has 0 unspecified atom stereocenters. The van der Waals surface area contributed by atoms with Crippen molar-refractivity contribution in [2.45, 2.75) is 4.90 Å². The minimum Gasteiger partial charge on any atom is -0.368 e. The number of para-hydroxylation sites is 1. The molecule has 1 amide bonds. The predicted octanol–water partition coefficient (Wildman–Crippen LogP) is 2.86. The minimum atomic E-state index is -3.72. The van der Waals surface area contributed by atoms with Crippen molar-refractivity contribution >= 4 is 44.0 Å². The van der Waals surface area contributed by atoms with Gasteiger partial charge in [0.1, 0.15) is 5.15 Å². The number of aromatic nitrogens is 1. The lowest BCUT2D eigenvalue weighted by Gasteiger charge is -2.42. The van der Waals surface area contributed by atoms with Crippen molar-refractivity contribution in [3.63, 3.8) is 0 Å². The van der Waals surface area contributed by atoms with Gasteiger partial charge >= 0.3 is 0 Å². The van der Waals surface area contributed by atoms with Crippen LogP contribution in [0.1, 0.15) is 0 Å². The summed E-state index contributed by atoms with van der Waals surface area (Å²) < 4.78 is 27.8. The summed E-state index contributed by atoms with van der Waals surface area (Å²) in [4.78, 5) is 21.3. The number of anilines is 1. The van der Waals surface area contributed by atoms with Gasteiger partial charge in [-0.3, -0.25) is 4.79 Å². The fourth-order valence-electron chi connectivity index (χ4n) is 4.38. The van der Waals surface area contributed by atoms with E-state index in [-0.39, 0.29) is 35.0 Å². The van der Waals surface area contributed by atoms with E-state index >= 15 is 0 Å². The first kappa shape index (κ1) is 21.2. The largest absolute Gasteiger partial charge is 0.368 e. The van der Waals surface area contributed by atoms with Gasteiger partial charge in [0.15, 0.2) is 0 Å². The number of carbonyl (C=O) groups is 1. The molecule has 2 aromatic carbocycles. The SMILES string of the molecule is O=C(C1CN(S(=O)(=O)c2cccc3c(Cl)nccc23)C1)N1CCN(c2ccccc2)CC1. The Hall–Kier alpha value is -2.68. The zero-order valence-corrected chi connectivity index (χ0v) is 19.0. The van der Waals surface area contributed by atoms with E-state index in [0.717, 1.165) is 18.8 Å². The van der Waals surface area contributed by atoms with E-state index < -0.39 is 10.0 Å². The quantitative estimate of drug-likeness (QED) is 0.548. The summed E-state index contributed by atoms with van der Waals surface area (Å²) in [7, 11) is -3.72. The summed E-state index contributed by atoms with van der Waals surface area (Å²) in [5.41, 5.74) is 1.16. The number of rotatable bonds is 4. The Morgan fingerprint density at radius 1 is 0.906 bits per heavy atom. The van der Waals surface area contributed by atoms with E-state index in [9.17, 15) is 13.2 Å². The summed E-state index contributed by atoms with van der Waals surface area (Å²) in [6.07, 6.45) is 1.50. The van der Waals surface area contributed by atoms with Crippen LogP contribution in [0.2, 0.25) is 5.15 Å². The monoisotopic (exact) mass is 470 g/mol. The van der Waals surface area contributed by atoms with E-state index in [0.29, 0.717) is 23.9 Å². The Labute approximate surface area is 192 Å². The molecule has 0 spiro atoms. The number of amides is 1. The molecule has 0 radical (unpaired) electrons. The van der Waals surface area contributed by atoms with Gasteiger partial charge in [0.05, 0.1) is 10.8 Å². The smallest absolute Gasteiger partial charge is 0.243 e. The number of fused-ring (bicyclic) bond motifs is 1. The van der Waals surface area contributed by atoms with Crippen molar-refractivity contribution in [1.82, 2.24) is 14.2 Å². The Morgan fingerprint density at radius 3 is 2.34 bits per heavy atom. The first-order chi connectivity index (χ1) is 15.4. The average Bonchev–Trinajstić information content (AvgIpc) is 2.78. The number of piperazine rings is 1. The molecule has 3 heterocycles. The minimum absolute atomic E-state index is 0.0364. The molecule has 0 bridgehead atoms. The number of carbonyl (C=O) groups excluding carboxylic acids is 1. The van der Waals surface area contributed by atoms with E-state index in [4.69, 9.17) is 11.6 Å². The van der Waals surface area contributed by atoms with Gasteiger partial charge < -0.3 is 9.80 Å². The molecule has 166 valence electrons. The maximum Gasteiger partial charge on any atom is 0.243 e. The molecule has 2 aliphatic heterocycles. The highest BCUT2D eigenvalue weighted by molar-refractivity contribution is 7.89. The van der Waals surface area contributed by atoms with Crippen LogP contribution in [0, 0.1) is 5.92 Å². The summed E-state index contributed by atoms with van der Waals surface area (Å²) >= 11 is 6.13. The zero-order valence-electron chi connectivity index (χ0n) is 17.4. The van der Waals surface area contributed by atoms with E-state index in [1.165, 1.54) is 10.5 Å². The molecule has 1 aromatic heterocycles. The Balaban J connectivity index is 1.23. The van der Waals surface area contributed by atoms with Gasteiger partial charge in [0.25, 0.3) is 0 Å². The lowest BCUT2D eigenvalue weighted by Crippen LogP contribution is -2.59. The van der Waals surface area contributed by atoms with Gasteiger partial charge in [-0.2, -0.15) is 4.31 Å². The first-order valence-corrected chi connectivity index (χ1v) is 12.4. The molecule has 5 rings (SSSR count). The second-order valence-electron chi connectivity index (χ2n) is 8.12. The molecule has 0 N–H and O–H groups in total. The van der Waals surface area contributed by atoms with Crippen LogP contribution in [-0.2, 0) is 14.8 Å². The van der Waals surface area contributed by atoms with Crippen LogP contribution in [0.15, 0.2) is 65.7 Å². The Kier molecular flexibility index (Phi) is 5.53. The van der Waals surface area contributed by atoms with Gasteiger partial charge in [-0.15, -0.1) is 0 Å². The van der Waals surface area contributed by atoms with Crippen molar-refractivity contribution in [3.8, 4) is 0 Å². The van der Waals surface area contributed by atoms with Gasteiger partial charge in [-0.25, -0.2) is 13.4 Å². The highest BCUT2D eigenvalue weighted by atomic mass is 35.5. The molecule has 0 saturated carbocycles. The number of nitrogens with zero attached hydrogens (tertiary/aromatic N) is 4. The van der Waals surface area contributed by atoms with Gasteiger partial charge in [-0.05, 0) is 24.3 Å². The van der Waals surface area contributed by atoms with Crippen LogP contribution in [0.4, 0.5) is 5.69 Å². The molecule has 7 nitrogen and oxygen atoms in total. The molecule has 2 saturated heterocycles.